The van der Waals surface area contributed by atoms with E-state index in [1.807, 2.05) is 24.3 Å². The molecule has 0 spiro atoms. The third-order valence-electron chi connectivity index (χ3n) is 3.93. The Morgan fingerprint density at radius 2 is 1.70 bits per heavy atom. The fourth-order valence-corrected chi connectivity index (χ4v) is 2.65. The monoisotopic (exact) mass is 390 g/mol. The average molecular weight is 391 g/mol. The Balaban J connectivity index is 0.00000364. The highest BCUT2D eigenvalue weighted by molar-refractivity contribution is 5.85. The zero-order valence-electron chi connectivity index (χ0n) is 15.5. The van der Waals surface area contributed by atoms with Crippen molar-refractivity contribution in [2.75, 3.05) is 20.8 Å². The summed E-state index contributed by atoms with van der Waals surface area (Å²) in [5, 5.41) is 9.04. The largest absolute Gasteiger partial charge is 0.496 e. The molecule has 2 N–H and O–H groups in total. The first-order chi connectivity index (χ1) is 12.5. The van der Waals surface area contributed by atoms with Crippen LogP contribution in [-0.2, 0) is 16.0 Å². The number of carbonyl (C=O) groups is 1. The molecule has 0 aliphatic heterocycles. The maximum absolute atomic E-state index is 11.7. The van der Waals surface area contributed by atoms with Crippen LogP contribution < -0.4 is 15.2 Å². The first kappa shape index (κ1) is 22.3. The van der Waals surface area contributed by atoms with Crippen LogP contribution in [0, 0.1) is 11.3 Å². The van der Waals surface area contributed by atoms with Gasteiger partial charge in [-0.25, -0.2) is 0 Å². The maximum atomic E-state index is 11.7. The number of hydrogen-bond acceptors (Lipinski definition) is 6. The highest BCUT2D eigenvalue weighted by Gasteiger charge is 2.17. The van der Waals surface area contributed by atoms with Crippen molar-refractivity contribution in [2.24, 2.45) is 5.73 Å². The molecule has 27 heavy (non-hydrogen) atoms. The molecule has 6 nitrogen and oxygen atoms in total. The van der Waals surface area contributed by atoms with E-state index in [0.717, 1.165) is 16.7 Å². The van der Waals surface area contributed by atoms with Crippen LogP contribution in [0.25, 0.3) is 11.1 Å². The molecule has 2 aromatic carbocycles. The minimum atomic E-state index is -0.727. The highest BCUT2D eigenvalue weighted by atomic mass is 35.5. The van der Waals surface area contributed by atoms with Gasteiger partial charge in [0.15, 0.2) is 0 Å². The van der Waals surface area contributed by atoms with Crippen LogP contribution in [0.4, 0.5) is 0 Å². The minimum Gasteiger partial charge on any atom is -0.496 e. The van der Waals surface area contributed by atoms with Gasteiger partial charge >= 0.3 is 5.97 Å². The predicted octanol–water partition coefficient (Wildman–Crippen LogP) is 3.10. The Morgan fingerprint density at radius 1 is 1.11 bits per heavy atom. The average Bonchev–Trinajstić information content (AvgIpc) is 2.67. The molecule has 0 aliphatic rings. The van der Waals surface area contributed by atoms with Gasteiger partial charge in [-0.05, 0) is 43.2 Å². The van der Waals surface area contributed by atoms with Crippen molar-refractivity contribution in [2.45, 2.75) is 19.4 Å². The molecule has 7 heteroatoms. The number of nitrogens with zero attached hydrogens (tertiary/aromatic N) is 1. The molecule has 2 rings (SSSR count). The summed E-state index contributed by atoms with van der Waals surface area (Å²) < 4.78 is 15.9. The van der Waals surface area contributed by atoms with Crippen molar-refractivity contribution in [1.29, 1.82) is 5.26 Å². The van der Waals surface area contributed by atoms with E-state index in [4.69, 9.17) is 25.2 Å². The normalized spacial score (nSPS) is 10.9. The number of benzene rings is 2. The van der Waals surface area contributed by atoms with E-state index in [1.165, 1.54) is 0 Å². The standard InChI is InChI=1S/C20H22N2O4.ClH/c1-4-26-20(23)17(22)9-13-5-7-15(18(10-13)24-2)16-8-6-14(12-21)11-19(16)25-3;/h5-8,10-11,17H,4,9,22H2,1-3H3;1H. The van der Waals surface area contributed by atoms with Crippen molar-refractivity contribution < 1.29 is 19.0 Å². The molecule has 0 saturated heterocycles. The first-order valence-electron chi connectivity index (χ1n) is 8.21. The van der Waals surface area contributed by atoms with Crippen LogP contribution in [0.5, 0.6) is 11.5 Å². The van der Waals surface area contributed by atoms with Gasteiger partial charge in [-0.15, -0.1) is 12.4 Å². The molecular weight excluding hydrogens is 368 g/mol. The number of esters is 1. The molecule has 0 heterocycles. The molecule has 0 saturated carbocycles. The van der Waals surface area contributed by atoms with E-state index in [2.05, 4.69) is 6.07 Å². The first-order valence-corrected chi connectivity index (χ1v) is 8.21. The smallest absolute Gasteiger partial charge is 0.323 e. The summed E-state index contributed by atoms with van der Waals surface area (Å²) in [6, 6.07) is 12.2. The summed E-state index contributed by atoms with van der Waals surface area (Å²) in [5.41, 5.74) is 8.89. The quantitative estimate of drug-likeness (QED) is 0.730. The van der Waals surface area contributed by atoms with Gasteiger partial charge in [-0.1, -0.05) is 12.1 Å². The number of halogens is 1. The second-order valence-corrected chi connectivity index (χ2v) is 5.62. The van der Waals surface area contributed by atoms with Crippen LogP contribution >= 0.6 is 12.4 Å². The lowest BCUT2D eigenvalue weighted by Crippen LogP contribution is -2.34. The third-order valence-corrected chi connectivity index (χ3v) is 3.93. The van der Waals surface area contributed by atoms with Gasteiger partial charge in [-0.2, -0.15) is 5.26 Å². The second-order valence-electron chi connectivity index (χ2n) is 5.62. The minimum absolute atomic E-state index is 0. The Bertz CT molecular complexity index is 833. The van der Waals surface area contributed by atoms with Gasteiger partial charge in [0.25, 0.3) is 0 Å². The maximum Gasteiger partial charge on any atom is 0.323 e. The van der Waals surface area contributed by atoms with E-state index in [-0.39, 0.29) is 12.4 Å². The van der Waals surface area contributed by atoms with Gasteiger partial charge in [0.2, 0.25) is 0 Å². The van der Waals surface area contributed by atoms with Gasteiger partial charge < -0.3 is 19.9 Å². The number of methoxy groups -OCH3 is 2. The van der Waals surface area contributed by atoms with Gasteiger partial charge in [0, 0.05) is 11.1 Å². The van der Waals surface area contributed by atoms with E-state index in [1.54, 1.807) is 33.3 Å². The van der Waals surface area contributed by atoms with E-state index in [9.17, 15) is 4.79 Å². The van der Waals surface area contributed by atoms with Crippen molar-refractivity contribution in [3.63, 3.8) is 0 Å². The fraction of sp³-hybridized carbons (Fsp3) is 0.300. The SMILES string of the molecule is CCOC(=O)C(N)Cc1ccc(-c2ccc(C#N)cc2OC)c(OC)c1.Cl. The molecular formula is C20H23ClN2O4. The third kappa shape index (κ3) is 5.36. The summed E-state index contributed by atoms with van der Waals surface area (Å²) in [6.45, 7) is 2.04. The molecule has 144 valence electrons. The van der Waals surface area contributed by atoms with Gasteiger partial charge in [-0.3, -0.25) is 4.79 Å². The number of nitrogens with two attached hydrogens (primary N) is 1. The number of rotatable bonds is 7. The number of nitriles is 1. The van der Waals surface area contributed by atoms with Crippen LogP contribution in [0.2, 0.25) is 0 Å². The van der Waals surface area contributed by atoms with Crippen molar-refractivity contribution >= 4 is 18.4 Å². The fourth-order valence-electron chi connectivity index (χ4n) is 2.65. The lowest BCUT2D eigenvalue weighted by Gasteiger charge is -2.15. The molecule has 0 amide bonds. The molecule has 1 atom stereocenters. The molecule has 0 aromatic heterocycles. The second kappa shape index (κ2) is 10.4. The lowest BCUT2D eigenvalue weighted by molar-refractivity contribution is -0.144. The van der Waals surface area contributed by atoms with Crippen LogP contribution in [0.1, 0.15) is 18.1 Å². The molecule has 0 fully saturated rings. The van der Waals surface area contributed by atoms with E-state index < -0.39 is 12.0 Å². The molecule has 0 radical (unpaired) electrons. The van der Waals surface area contributed by atoms with E-state index in [0.29, 0.717) is 30.1 Å². The molecule has 2 aromatic rings. The van der Waals surface area contributed by atoms with Gasteiger partial charge in [0.1, 0.15) is 17.5 Å². The Morgan fingerprint density at radius 3 is 2.26 bits per heavy atom. The number of carbonyl (C=O) groups excluding carboxylic acids is 1. The molecule has 0 bridgehead atoms. The van der Waals surface area contributed by atoms with Crippen LogP contribution in [-0.4, -0.2) is 32.8 Å². The zero-order valence-corrected chi connectivity index (χ0v) is 16.3. The van der Waals surface area contributed by atoms with E-state index >= 15 is 0 Å². The lowest BCUT2D eigenvalue weighted by atomic mass is 9.98. The number of ether oxygens (including phenoxy) is 3. The highest BCUT2D eigenvalue weighted by Crippen LogP contribution is 2.37. The van der Waals surface area contributed by atoms with Crippen molar-refractivity contribution in [3.05, 3.63) is 47.5 Å². The zero-order chi connectivity index (χ0) is 19.1. The van der Waals surface area contributed by atoms with Crippen molar-refractivity contribution in [3.8, 4) is 28.7 Å². The predicted molar refractivity (Wildman–Crippen MR) is 105 cm³/mol. The Labute approximate surface area is 165 Å². The Kier molecular flexibility index (Phi) is 8.60. The summed E-state index contributed by atoms with van der Waals surface area (Å²) in [7, 11) is 3.13. The summed E-state index contributed by atoms with van der Waals surface area (Å²) in [5.74, 6) is 0.782. The number of hydrogen-bond donors (Lipinski definition) is 1. The molecule has 0 aliphatic carbocycles. The van der Waals surface area contributed by atoms with Crippen LogP contribution in [0.15, 0.2) is 36.4 Å². The summed E-state index contributed by atoms with van der Waals surface area (Å²) in [4.78, 5) is 11.7. The molecule has 1 unspecified atom stereocenters. The summed E-state index contributed by atoms with van der Waals surface area (Å²) >= 11 is 0. The Hall–Kier alpha value is -2.75. The van der Waals surface area contributed by atoms with Crippen molar-refractivity contribution in [1.82, 2.24) is 0 Å². The summed E-state index contributed by atoms with van der Waals surface area (Å²) in [6.07, 6.45) is 0.347. The van der Waals surface area contributed by atoms with Crippen LogP contribution in [0.3, 0.4) is 0 Å². The van der Waals surface area contributed by atoms with Gasteiger partial charge in [0.05, 0.1) is 32.5 Å². The topological polar surface area (TPSA) is 94.6 Å².